The minimum absolute atomic E-state index is 0.136. The van der Waals surface area contributed by atoms with Crippen LogP contribution in [0.25, 0.3) is 0 Å². The maximum atomic E-state index is 12.8. The Bertz CT molecular complexity index is 1050. The van der Waals surface area contributed by atoms with Gasteiger partial charge in [-0.05, 0) is 54.1 Å². The summed E-state index contributed by atoms with van der Waals surface area (Å²) in [7, 11) is 1.60. The Hall–Kier alpha value is -3.94. The van der Waals surface area contributed by atoms with Crippen LogP contribution in [0, 0.1) is 0 Å². The van der Waals surface area contributed by atoms with Crippen LogP contribution in [0.4, 0.5) is 0 Å². The Kier molecular flexibility index (Phi) is 5.56. The molecule has 0 N–H and O–H groups in total. The number of carbonyl (C=O) groups is 2. The molecule has 0 saturated carbocycles. The van der Waals surface area contributed by atoms with E-state index in [4.69, 9.17) is 13.9 Å². The van der Waals surface area contributed by atoms with Gasteiger partial charge in [0.2, 0.25) is 0 Å². The third kappa shape index (κ3) is 4.07. The zero-order chi connectivity index (χ0) is 20.9. The van der Waals surface area contributed by atoms with Gasteiger partial charge < -0.3 is 13.9 Å². The normalized spacial score (nSPS) is 15.6. The predicted molar refractivity (Wildman–Crippen MR) is 107 cm³/mol. The summed E-state index contributed by atoms with van der Waals surface area (Å²) in [5.74, 6) is 0.210. The van der Waals surface area contributed by atoms with E-state index in [9.17, 15) is 9.59 Å². The fourth-order valence-corrected chi connectivity index (χ4v) is 3.15. The molecule has 3 aromatic rings. The van der Waals surface area contributed by atoms with E-state index in [-0.39, 0.29) is 5.69 Å². The smallest absolute Gasteiger partial charge is 0.357 e. The zero-order valence-electron chi connectivity index (χ0n) is 16.2. The number of benzene rings is 1. The first-order valence-electron chi connectivity index (χ1n) is 9.31. The maximum absolute atomic E-state index is 12.8. The molecule has 1 aromatic carbocycles. The molecule has 1 amide bonds. The van der Waals surface area contributed by atoms with Gasteiger partial charge in [0, 0.05) is 12.6 Å². The van der Waals surface area contributed by atoms with Crippen molar-refractivity contribution >= 4 is 17.6 Å². The van der Waals surface area contributed by atoms with Gasteiger partial charge in [0.1, 0.15) is 23.2 Å². The average Bonchev–Trinajstić information content (AvgIpc) is 3.48. The quantitative estimate of drug-likeness (QED) is 0.585. The highest BCUT2D eigenvalue weighted by atomic mass is 16.5. The standard InChI is InChI=1S/C22H19N3O5/c1-28-16-9-7-15(8-10-16)18-13-19(20-6-4-12-29-20)25(24-18)21(26)14-30-22(27)17-5-2-3-11-23-17/h2-12,19H,13-14H2,1H3/t19-/m1/s1. The molecule has 1 atom stereocenters. The van der Waals surface area contributed by atoms with Crippen LogP contribution < -0.4 is 4.74 Å². The first-order valence-corrected chi connectivity index (χ1v) is 9.31. The Morgan fingerprint density at radius 3 is 2.63 bits per heavy atom. The Morgan fingerprint density at radius 2 is 1.97 bits per heavy atom. The van der Waals surface area contributed by atoms with Gasteiger partial charge in [-0.3, -0.25) is 4.79 Å². The van der Waals surface area contributed by atoms with Gasteiger partial charge in [0.05, 0.1) is 19.1 Å². The highest BCUT2D eigenvalue weighted by Crippen LogP contribution is 2.33. The molecule has 0 spiro atoms. The lowest BCUT2D eigenvalue weighted by Gasteiger charge is -2.19. The van der Waals surface area contributed by atoms with Crippen molar-refractivity contribution in [3.63, 3.8) is 0 Å². The van der Waals surface area contributed by atoms with Gasteiger partial charge in [-0.2, -0.15) is 5.10 Å². The molecular weight excluding hydrogens is 386 g/mol. The summed E-state index contributed by atoms with van der Waals surface area (Å²) < 4.78 is 15.8. The molecule has 1 aliphatic heterocycles. The summed E-state index contributed by atoms with van der Waals surface area (Å²) >= 11 is 0. The number of aromatic nitrogens is 1. The van der Waals surface area contributed by atoms with Gasteiger partial charge in [0.25, 0.3) is 5.91 Å². The van der Waals surface area contributed by atoms with E-state index in [2.05, 4.69) is 10.1 Å². The van der Waals surface area contributed by atoms with Crippen LogP contribution in [0.15, 0.2) is 76.6 Å². The number of methoxy groups -OCH3 is 1. The van der Waals surface area contributed by atoms with E-state index < -0.39 is 24.5 Å². The van der Waals surface area contributed by atoms with E-state index in [0.717, 1.165) is 17.0 Å². The summed E-state index contributed by atoms with van der Waals surface area (Å²) in [6.07, 6.45) is 3.50. The molecule has 0 aliphatic carbocycles. The molecule has 8 heteroatoms. The highest BCUT2D eigenvalue weighted by Gasteiger charge is 2.35. The number of nitrogens with zero attached hydrogens (tertiary/aromatic N) is 3. The molecule has 1 aliphatic rings. The van der Waals surface area contributed by atoms with Crippen molar-refractivity contribution in [1.29, 1.82) is 0 Å². The number of amides is 1. The SMILES string of the molecule is COc1ccc(C2=NN(C(=O)COC(=O)c3ccccn3)[C@@H](c3ccco3)C2)cc1. The minimum Gasteiger partial charge on any atom is -0.497 e. The van der Waals surface area contributed by atoms with E-state index in [0.29, 0.717) is 12.2 Å². The molecule has 0 radical (unpaired) electrons. The molecule has 4 rings (SSSR count). The Balaban J connectivity index is 1.51. The fourth-order valence-electron chi connectivity index (χ4n) is 3.15. The second-order valence-corrected chi connectivity index (χ2v) is 6.54. The lowest BCUT2D eigenvalue weighted by atomic mass is 10.0. The third-order valence-electron chi connectivity index (χ3n) is 4.66. The number of pyridine rings is 1. The molecule has 8 nitrogen and oxygen atoms in total. The average molecular weight is 405 g/mol. The summed E-state index contributed by atoms with van der Waals surface area (Å²) in [5.41, 5.74) is 1.73. The number of hydrazone groups is 1. The summed E-state index contributed by atoms with van der Waals surface area (Å²) in [5, 5.41) is 5.80. The second kappa shape index (κ2) is 8.60. The highest BCUT2D eigenvalue weighted by molar-refractivity contribution is 6.03. The number of furan rings is 1. The maximum Gasteiger partial charge on any atom is 0.357 e. The molecule has 0 bridgehead atoms. The second-order valence-electron chi connectivity index (χ2n) is 6.54. The van der Waals surface area contributed by atoms with Crippen LogP contribution in [0.5, 0.6) is 5.75 Å². The van der Waals surface area contributed by atoms with Gasteiger partial charge >= 0.3 is 5.97 Å². The van der Waals surface area contributed by atoms with Gasteiger partial charge in [-0.1, -0.05) is 6.07 Å². The predicted octanol–water partition coefficient (Wildman–Crippen LogP) is 3.22. The van der Waals surface area contributed by atoms with Crippen LogP contribution in [0.1, 0.15) is 34.3 Å². The van der Waals surface area contributed by atoms with Crippen molar-refractivity contribution in [3.8, 4) is 5.75 Å². The fraction of sp³-hybridized carbons (Fsp3) is 0.182. The van der Waals surface area contributed by atoms with Crippen molar-refractivity contribution in [2.45, 2.75) is 12.5 Å². The topological polar surface area (TPSA) is 94.2 Å². The number of esters is 1. The summed E-state index contributed by atoms with van der Waals surface area (Å²) in [6, 6.07) is 15.4. The van der Waals surface area contributed by atoms with E-state index in [1.54, 1.807) is 37.6 Å². The first kappa shape index (κ1) is 19.4. The largest absolute Gasteiger partial charge is 0.497 e. The van der Waals surface area contributed by atoms with Crippen LogP contribution >= 0.6 is 0 Å². The molecule has 3 heterocycles. The lowest BCUT2D eigenvalue weighted by molar-refractivity contribution is -0.136. The van der Waals surface area contributed by atoms with E-state index in [1.165, 1.54) is 17.3 Å². The molecule has 0 saturated heterocycles. The third-order valence-corrected chi connectivity index (χ3v) is 4.66. The van der Waals surface area contributed by atoms with Gasteiger partial charge in [-0.15, -0.1) is 0 Å². The number of carbonyl (C=O) groups excluding carboxylic acids is 2. The molecule has 0 unspecified atom stereocenters. The minimum atomic E-state index is -0.669. The van der Waals surface area contributed by atoms with Crippen LogP contribution in [0.2, 0.25) is 0 Å². The number of rotatable bonds is 6. The van der Waals surface area contributed by atoms with Crippen molar-refractivity contribution in [2.75, 3.05) is 13.7 Å². The number of hydrogen-bond acceptors (Lipinski definition) is 7. The van der Waals surface area contributed by atoms with Gasteiger partial charge in [-0.25, -0.2) is 14.8 Å². The van der Waals surface area contributed by atoms with Crippen LogP contribution in [0.3, 0.4) is 0 Å². The Labute approximate surface area is 172 Å². The first-order chi connectivity index (χ1) is 14.7. The number of ether oxygens (including phenoxy) is 2. The summed E-state index contributed by atoms with van der Waals surface area (Å²) in [4.78, 5) is 28.8. The molecule has 2 aromatic heterocycles. The molecule has 30 heavy (non-hydrogen) atoms. The Morgan fingerprint density at radius 1 is 1.13 bits per heavy atom. The molecule has 152 valence electrons. The zero-order valence-corrected chi connectivity index (χ0v) is 16.2. The van der Waals surface area contributed by atoms with Crippen molar-refractivity contribution in [2.24, 2.45) is 5.10 Å². The van der Waals surface area contributed by atoms with Crippen molar-refractivity contribution in [1.82, 2.24) is 9.99 Å². The summed E-state index contributed by atoms with van der Waals surface area (Å²) in [6.45, 7) is -0.452. The van der Waals surface area contributed by atoms with E-state index in [1.807, 2.05) is 24.3 Å². The monoisotopic (exact) mass is 405 g/mol. The van der Waals surface area contributed by atoms with Gasteiger partial charge in [0.15, 0.2) is 6.61 Å². The van der Waals surface area contributed by atoms with Crippen molar-refractivity contribution in [3.05, 3.63) is 84.1 Å². The molecular formula is C22H19N3O5. The van der Waals surface area contributed by atoms with Crippen molar-refractivity contribution < 1.29 is 23.5 Å². The van der Waals surface area contributed by atoms with Crippen LogP contribution in [-0.2, 0) is 9.53 Å². The van der Waals surface area contributed by atoms with E-state index >= 15 is 0 Å². The lowest BCUT2D eigenvalue weighted by Crippen LogP contribution is -2.31. The molecule has 0 fully saturated rings. The number of hydrogen-bond donors (Lipinski definition) is 0. The van der Waals surface area contributed by atoms with Crippen LogP contribution in [-0.4, -0.2) is 41.3 Å².